The Kier molecular flexibility index (Phi) is 2.30. The lowest BCUT2D eigenvalue weighted by Crippen LogP contribution is -2.36. The number of phenols is 1. The largest absolute Gasteiger partial charge is 0.507 e. The lowest BCUT2D eigenvalue weighted by atomic mass is 10.2. The Morgan fingerprint density at radius 1 is 1.31 bits per heavy atom. The predicted molar refractivity (Wildman–Crippen MR) is 60.9 cm³/mol. The topological polar surface area (TPSA) is 75.1 Å². The van der Waals surface area contributed by atoms with Crippen molar-refractivity contribution in [1.29, 1.82) is 0 Å². The Morgan fingerprint density at radius 3 is 2.62 bits per heavy atom. The molecule has 1 aromatic carbocycles. The van der Waals surface area contributed by atoms with Crippen LogP contribution in [0.3, 0.4) is 0 Å². The van der Waals surface area contributed by atoms with E-state index in [2.05, 4.69) is 4.98 Å². The highest BCUT2D eigenvalue weighted by Crippen LogP contribution is 2.17. The summed E-state index contributed by atoms with van der Waals surface area (Å²) < 4.78 is 1.09. The van der Waals surface area contributed by atoms with E-state index < -0.39 is 11.2 Å². The molecule has 16 heavy (non-hydrogen) atoms. The van der Waals surface area contributed by atoms with Crippen molar-refractivity contribution in [3.63, 3.8) is 0 Å². The highest BCUT2D eigenvalue weighted by Gasteiger charge is 2.12. The summed E-state index contributed by atoms with van der Waals surface area (Å²) in [4.78, 5) is 26.2. The summed E-state index contributed by atoms with van der Waals surface area (Å²) >= 11 is 0. The fourth-order valence-electron chi connectivity index (χ4n) is 1.73. The summed E-state index contributed by atoms with van der Waals surface area (Å²) in [5.41, 5.74) is -0.572. The number of rotatable bonds is 1. The smallest absolute Gasteiger partial charge is 0.329 e. The van der Waals surface area contributed by atoms with Gasteiger partial charge in [-0.3, -0.25) is 9.36 Å². The molecule has 0 aliphatic carbocycles. The normalized spacial score (nSPS) is 11.2. The van der Waals surface area contributed by atoms with Crippen molar-refractivity contribution >= 4 is 10.9 Å². The van der Waals surface area contributed by atoms with Crippen molar-refractivity contribution in [3.05, 3.63) is 39.0 Å². The third kappa shape index (κ3) is 1.41. The molecule has 0 fully saturated rings. The maximum absolute atomic E-state index is 12.0. The van der Waals surface area contributed by atoms with Gasteiger partial charge in [-0.05, 0) is 26.0 Å². The molecular weight excluding hydrogens is 208 g/mol. The number of phenolic OH excluding ortho intramolecular Hbond substituents is 1. The molecule has 2 rings (SSSR count). The van der Waals surface area contributed by atoms with Crippen LogP contribution in [0.2, 0.25) is 0 Å². The van der Waals surface area contributed by atoms with E-state index in [-0.39, 0.29) is 17.2 Å². The summed E-state index contributed by atoms with van der Waals surface area (Å²) in [7, 11) is 0. The van der Waals surface area contributed by atoms with Gasteiger partial charge in [0.2, 0.25) is 0 Å². The zero-order chi connectivity index (χ0) is 11.9. The lowest BCUT2D eigenvalue weighted by Gasteiger charge is -2.09. The van der Waals surface area contributed by atoms with Gasteiger partial charge < -0.3 is 10.1 Å². The van der Waals surface area contributed by atoms with Gasteiger partial charge in [-0.15, -0.1) is 0 Å². The fourth-order valence-corrected chi connectivity index (χ4v) is 1.73. The molecule has 0 atom stereocenters. The molecule has 84 valence electrons. The van der Waals surface area contributed by atoms with Gasteiger partial charge in [0.15, 0.2) is 0 Å². The van der Waals surface area contributed by atoms with Crippen LogP contribution in [0.15, 0.2) is 27.8 Å². The van der Waals surface area contributed by atoms with Crippen LogP contribution in [0, 0.1) is 0 Å². The highest BCUT2D eigenvalue weighted by atomic mass is 16.3. The quantitative estimate of drug-likeness (QED) is 0.752. The molecular formula is C11H12N2O3. The lowest BCUT2D eigenvalue weighted by molar-refractivity contribution is 0.478. The number of nitrogens with zero attached hydrogens (tertiary/aromatic N) is 1. The predicted octanol–water partition coefficient (Wildman–Crippen LogP) is 0.976. The van der Waals surface area contributed by atoms with Gasteiger partial charge in [0, 0.05) is 6.04 Å². The van der Waals surface area contributed by atoms with Gasteiger partial charge >= 0.3 is 5.69 Å². The molecule has 0 saturated carbocycles. The van der Waals surface area contributed by atoms with Crippen LogP contribution in [0.5, 0.6) is 5.75 Å². The van der Waals surface area contributed by atoms with Crippen LogP contribution < -0.4 is 11.2 Å². The minimum absolute atomic E-state index is 0.117. The minimum Gasteiger partial charge on any atom is -0.507 e. The van der Waals surface area contributed by atoms with Crippen molar-refractivity contribution in [2.75, 3.05) is 0 Å². The monoisotopic (exact) mass is 220 g/mol. The van der Waals surface area contributed by atoms with Gasteiger partial charge in [0.05, 0.1) is 5.52 Å². The second-order valence-corrected chi connectivity index (χ2v) is 3.90. The molecule has 2 N–H and O–H groups in total. The standard InChI is InChI=1S/C11H12N2O3/c1-6(2)13-10(15)9-7(12-11(13)16)4-3-5-8(9)14/h3-6,14H,1-2H3,(H,12,16). The van der Waals surface area contributed by atoms with E-state index in [0.717, 1.165) is 4.57 Å². The molecule has 0 spiro atoms. The number of hydrogen-bond donors (Lipinski definition) is 2. The Balaban J connectivity index is 3.04. The first-order valence-corrected chi connectivity index (χ1v) is 4.99. The molecule has 2 aromatic rings. The minimum atomic E-state index is -0.466. The molecule has 0 bridgehead atoms. The third-order valence-electron chi connectivity index (χ3n) is 2.45. The Morgan fingerprint density at radius 2 is 2.00 bits per heavy atom. The third-order valence-corrected chi connectivity index (χ3v) is 2.45. The Bertz CT molecular complexity index is 652. The molecule has 0 aliphatic rings. The number of aromatic hydroxyl groups is 1. The van der Waals surface area contributed by atoms with Crippen LogP contribution >= 0.6 is 0 Å². The summed E-state index contributed by atoms with van der Waals surface area (Å²) in [5.74, 6) is -0.117. The number of benzene rings is 1. The first kappa shape index (κ1) is 10.5. The number of nitrogens with one attached hydrogen (secondary N) is 1. The fraction of sp³-hybridized carbons (Fsp3) is 0.273. The second-order valence-electron chi connectivity index (χ2n) is 3.90. The Hall–Kier alpha value is -2.04. The van der Waals surface area contributed by atoms with Crippen molar-refractivity contribution < 1.29 is 5.11 Å². The van der Waals surface area contributed by atoms with Crippen molar-refractivity contribution in [2.45, 2.75) is 19.9 Å². The van der Waals surface area contributed by atoms with E-state index in [1.807, 2.05) is 0 Å². The maximum atomic E-state index is 12.0. The van der Waals surface area contributed by atoms with Gasteiger partial charge in [0.25, 0.3) is 5.56 Å². The summed E-state index contributed by atoms with van der Waals surface area (Å²) in [5, 5.41) is 9.76. The summed E-state index contributed by atoms with van der Waals surface area (Å²) in [6, 6.07) is 4.34. The zero-order valence-corrected chi connectivity index (χ0v) is 9.02. The van der Waals surface area contributed by atoms with E-state index >= 15 is 0 Å². The van der Waals surface area contributed by atoms with Gasteiger partial charge in [0.1, 0.15) is 11.1 Å². The molecule has 0 aliphatic heterocycles. The number of hydrogen-bond acceptors (Lipinski definition) is 3. The summed E-state index contributed by atoms with van der Waals surface area (Å²) in [6.07, 6.45) is 0. The van der Waals surface area contributed by atoms with E-state index in [0.29, 0.717) is 5.52 Å². The van der Waals surface area contributed by atoms with E-state index in [1.165, 1.54) is 6.07 Å². The molecule has 0 amide bonds. The number of fused-ring (bicyclic) bond motifs is 1. The number of aromatic nitrogens is 2. The average molecular weight is 220 g/mol. The molecule has 0 radical (unpaired) electrons. The second kappa shape index (κ2) is 3.52. The van der Waals surface area contributed by atoms with Crippen molar-refractivity contribution in [3.8, 4) is 5.75 Å². The van der Waals surface area contributed by atoms with E-state index in [9.17, 15) is 14.7 Å². The molecule has 1 aromatic heterocycles. The van der Waals surface area contributed by atoms with Crippen LogP contribution in [0.25, 0.3) is 10.9 Å². The first-order valence-electron chi connectivity index (χ1n) is 4.99. The van der Waals surface area contributed by atoms with Gasteiger partial charge in [-0.1, -0.05) is 6.07 Å². The first-order chi connectivity index (χ1) is 7.52. The molecule has 0 saturated heterocycles. The van der Waals surface area contributed by atoms with Gasteiger partial charge in [-0.2, -0.15) is 0 Å². The highest BCUT2D eigenvalue weighted by molar-refractivity contribution is 5.83. The number of aromatic amines is 1. The van der Waals surface area contributed by atoms with Crippen molar-refractivity contribution in [2.24, 2.45) is 0 Å². The van der Waals surface area contributed by atoms with E-state index in [4.69, 9.17) is 0 Å². The SMILES string of the molecule is CC(C)n1c(=O)[nH]c2cccc(O)c2c1=O. The van der Waals surface area contributed by atoms with Crippen LogP contribution in [-0.4, -0.2) is 14.7 Å². The molecule has 5 nitrogen and oxygen atoms in total. The summed E-state index contributed by atoms with van der Waals surface area (Å²) in [6.45, 7) is 3.48. The Labute approximate surface area is 91.0 Å². The molecule has 0 unspecified atom stereocenters. The van der Waals surface area contributed by atoms with Crippen LogP contribution in [-0.2, 0) is 0 Å². The van der Waals surface area contributed by atoms with Crippen LogP contribution in [0.4, 0.5) is 0 Å². The van der Waals surface area contributed by atoms with Gasteiger partial charge in [-0.25, -0.2) is 4.79 Å². The molecule has 1 heterocycles. The molecule has 5 heteroatoms. The average Bonchev–Trinajstić information content (AvgIpc) is 2.15. The maximum Gasteiger partial charge on any atom is 0.329 e. The van der Waals surface area contributed by atoms with Crippen molar-refractivity contribution in [1.82, 2.24) is 9.55 Å². The van der Waals surface area contributed by atoms with Crippen LogP contribution in [0.1, 0.15) is 19.9 Å². The zero-order valence-electron chi connectivity index (χ0n) is 9.02. The van der Waals surface area contributed by atoms with E-state index in [1.54, 1.807) is 26.0 Å². The number of H-pyrrole nitrogens is 1.